The maximum atomic E-state index is 12.2. The molecule has 2 rings (SSSR count). The Bertz CT molecular complexity index is 948. The number of nitrogens with one attached hydrogen (secondary N) is 1. The second-order valence-corrected chi connectivity index (χ2v) is 10.7. The molecule has 1 aromatic carbocycles. The summed E-state index contributed by atoms with van der Waals surface area (Å²) in [5.41, 5.74) is 4.41. The van der Waals surface area contributed by atoms with Gasteiger partial charge in [-0.25, -0.2) is 13.2 Å². The Labute approximate surface area is 226 Å². The molecule has 0 amide bonds. The number of hydrogen-bond acceptors (Lipinski definition) is 7. The van der Waals surface area contributed by atoms with Crippen molar-refractivity contribution in [1.82, 2.24) is 4.41 Å². The maximum absolute atomic E-state index is 12.2. The van der Waals surface area contributed by atoms with Crippen molar-refractivity contribution in [3.8, 4) is 0 Å². The van der Waals surface area contributed by atoms with E-state index in [-0.39, 0.29) is 45.9 Å². The summed E-state index contributed by atoms with van der Waals surface area (Å²) in [6.07, 6.45) is 5.75. The average molecular weight is 571 g/mol. The Morgan fingerprint density at radius 1 is 1.18 bits per heavy atom. The van der Waals surface area contributed by atoms with Crippen molar-refractivity contribution < 1.29 is 55.8 Å². The van der Waals surface area contributed by atoms with Crippen molar-refractivity contribution in [3.63, 3.8) is 0 Å². The summed E-state index contributed by atoms with van der Waals surface area (Å²) in [7, 11) is -3.48. The average Bonchev–Trinajstić information content (AvgIpc) is 3.22. The molecule has 1 unspecified atom stereocenters. The summed E-state index contributed by atoms with van der Waals surface area (Å²) in [6, 6.07) is 10.7. The number of anilines is 1. The van der Waals surface area contributed by atoms with Crippen LogP contribution in [0.3, 0.4) is 0 Å². The van der Waals surface area contributed by atoms with E-state index in [0.29, 0.717) is 29.8 Å². The van der Waals surface area contributed by atoms with Crippen molar-refractivity contribution in [2.75, 3.05) is 24.8 Å². The molecule has 1 heterocycles. The van der Waals surface area contributed by atoms with E-state index in [1.807, 2.05) is 18.2 Å². The van der Waals surface area contributed by atoms with E-state index >= 15 is 0 Å². The Balaban J connectivity index is 0.00000544. The number of benzene rings is 1. The molecule has 0 bridgehead atoms. The first-order valence-electron chi connectivity index (χ1n) is 10.8. The molecule has 181 valence electrons. The van der Waals surface area contributed by atoms with E-state index < -0.39 is 22.1 Å². The fourth-order valence-corrected chi connectivity index (χ4v) is 4.84. The second-order valence-electron chi connectivity index (χ2n) is 7.59. The Hall–Kier alpha value is -0.836. The summed E-state index contributed by atoms with van der Waals surface area (Å²) in [5.74, 6) is -0.394. The van der Waals surface area contributed by atoms with Crippen LogP contribution in [-0.2, 0) is 53.9 Å². The number of aliphatic hydroxyl groups is 1. The summed E-state index contributed by atoms with van der Waals surface area (Å²) in [4.78, 5) is 13.2. The van der Waals surface area contributed by atoms with E-state index in [2.05, 4.69) is 19.3 Å². The SMILES string of the molecule is [CH2-]COC(=O)c1ccc(CCCN(Nc2ccc(C(O)CCCCC)cc2)S(C)(=O)=O)s1.[Y]. The van der Waals surface area contributed by atoms with Crippen LogP contribution in [0.2, 0.25) is 0 Å². The molecule has 2 aromatic rings. The predicted molar refractivity (Wildman–Crippen MR) is 129 cm³/mol. The van der Waals surface area contributed by atoms with Gasteiger partial charge in [-0.3, -0.25) is 0 Å². The minimum Gasteiger partial charge on any atom is -0.495 e. The number of hydrazine groups is 1. The van der Waals surface area contributed by atoms with E-state index in [4.69, 9.17) is 4.74 Å². The van der Waals surface area contributed by atoms with Crippen molar-refractivity contribution >= 4 is 33.0 Å². The first-order valence-corrected chi connectivity index (χ1v) is 13.5. The molecule has 1 atom stereocenters. The van der Waals surface area contributed by atoms with E-state index in [1.165, 1.54) is 15.8 Å². The van der Waals surface area contributed by atoms with Crippen molar-refractivity contribution in [3.05, 3.63) is 58.6 Å². The second kappa shape index (κ2) is 15.2. The van der Waals surface area contributed by atoms with Crippen LogP contribution in [0.15, 0.2) is 36.4 Å². The summed E-state index contributed by atoms with van der Waals surface area (Å²) < 4.78 is 30.6. The number of carbonyl (C=O) groups is 1. The zero-order valence-corrected chi connectivity index (χ0v) is 23.8. The zero-order valence-electron chi connectivity index (χ0n) is 19.3. The number of ether oxygens (including phenoxy) is 1. The van der Waals surface area contributed by atoms with Gasteiger partial charge in [0.2, 0.25) is 10.0 Å². The van der Waals surface area contributed by atoms with Crippen molar-refractivity contribution in [1.29, 1.82) is 0 Å². The third-order valence-electron chi connectivity index (χ3n) is 4.91. The van der Waals surface area contributed by atoms with E-state index in [9.17, 15) is 18.3 Å². The van der Waals surface area contributed by atoms with Crippen LogP contribution in [0.5, 0.6) is 0 Å². The van der Waals surface area contributed by atoms with Gasteiger partial charge in [0.1, 0.15) is 4.88 Å². The monoisotopic (exact) mass is 570 g/mol. The number of aryl methyl sites for hydroxylation is 1. The number of rotatable bonds is 14. The zero-order chi connectivity index (χ0) is 23.6. The fourth-order valence-electron chi connectivity index (χ4n) is 3.17. The molecule has 2 N–H and O–H groups in total. The van der Waals surface area contributed by atoms with Crippen molar-refractivity contribution in [2.24, 2.45) is 0 Å². The fraction of sp³-hybridized carbons (Fsp3) is 0.478. The van der Waals surface area contributed by atoms with Gasteiger partial charge >= 0.3 is 5.97 Å². The Morgan fingerprint density at radius 3 is 2.48 bits per heavy atom. The Kier molecular flexibility index (Phi) is 13.9. The van der Waals surface area contributed by atoms with Gasteiger partial charge in [0, 0.05) is 44.1 Å². The number of unbranched alkanes of at least 4 members (excludes halogenated alkanes) is 2. The van der Waals surface area contributed by atoms with Crippen LogP contribution in [0.25, 0.3) is 0 Å². The van der Waals surface area contributed by atoms with Gasteiger partial charge in [-0.2, -0.15) is 0 Å². The van der Waals surface area contributed by atoms with Crippen LogP contribution in [-0.4, -0.2) is 43.3 Å². The molecule has 0 saturated carbocycles. The first-order chi connectivity index (χ1) is 15.2. The number of sulfonamides is 1. The third kappa shape index (κ3) is 10.5. The van der Waals surface area contributed by atoms with Crippen molar-refractivity contribution in [2.45, 2.75) is 51.6 Å². The number of hydrogen-bond donors (Lipinski definition) is 2. The topological polar surface area (TPSA) is 95.9 Å². The van der Waals surface area contributed by atoms with E-state index in [0.717, 1.165) is 36.0 Å². The maximum Gasteiger partial charge on any atom is 0.345 e. The standard InChI is InChI=1S/C23H33N2O5S2.Y/c1-4-6-7-10-21(26)18-11-13-19(14-12-18)24-25(32(3,28)29)17-8-9-20-15-16-22(31-20)23(27)30-5-2;/h11-16,21,24,26H,2,4-10,17H2,1,3H3;/q-1;. The van der Waals surface area contributed by atoms with Gasteiger partial charge in [0.15, 0.2) is 0 Å². The third-order valence-corrected chi connectivity index (χ3v) is 7.11. The van der Waals surface area contributed by atoms with Gasteiger partial charge in [0.05, 0.1) is 18.0 Å². The van der Waals surface area contributed by atoms with Crippen LogP contribution in [0.4, 0.5) is 5.69 Å². The molecule has 0 saturated heterocycles. The molecule has 10 heteroatoms. The van der Waals surface area contributed by atoms with Crippen LogP contribution < -0.4 is 5.43 Å². The molecule has 0 aliphatic heterocycles. The molecule has 0 aliphatic rings. The minimum atomic E-state index is -3.48. The molecule has 33 heavy (non-hydrogen) atoms. The van der Waals surface area contributed by atoms with Crippen LogP contribution >= 0.6 is 11.3 Å². The smallest absolute Gasteiger partial charge is 0.345 e. The summed E-state index contributed by atoms with van der Waals surface area (Å²) in [5, 5.41) is 10.3. The van der Waals surface area contributed by atoms with Gasteiger partial charge < -0.3 is 22.2 Å². The molecular weight excluding hydrogens is 537 g/mol. The number of thiophene rings is 1. The largest absolute Gasteiger partial charge is 0.495 e. The number of esters is 1. The van der Waals surface area contributed by atoms with Gasteiger partial charge in [-0.05, 0) is 55.7 Å². The molecular formula is C23H33N2O5S2Y-. The number of carbonyl (C=O) groups excluding carboxylic acids is 1. The normalized spacial score (nSPS) is 12.3. The first kappa shape index (κ1) is 30.2. The molecule has 0 aliphatic carbocycles. The Morgan fingerprint density at radius 2 is 1.88 bits per heavy atom. The van der Waals surface area contributed by atoms with Gasteiger partial charge in [0.25, 0.3) is 0 Å². The van der Waals surface area contributed by atoms with Crippen LogP contribution in [0.1, 0.15) is 65.2 Å². The number of nitrogens with zero attached hydrogens (tertiary/aromatic N) is 1. The summed E-state index contributed by atoms with van der Waals surface area (Å²) in [6.45, 7) is 5.97. The molecule has 0 fully saturated rings. The predicted octanol–water partition coefficient (Wildman–Crippen LogP) is 4.57. The quantitative estimate of drug-likeness (QED) is 0.150. The molecule has 7 nitrogen and oxygen atoms in total. The number of aliphatic hydroxyl groups excluding tert-OH is 1. The van der Waals surface area contributed by atoms with Crippen LogP contribution in [0, 0.1) is 6.92 Å². The summed E-state index contributed by atoms with van der Waals surface area (Å²) >= 11 is 1.34. The van der Waals surface area contributed by atoms with Gasteiger partial charge in [-0.15, -0.1) is 15.8 Å². The minimum absolute atomic E-state index is 0. The molecule has 1 aromatic heterocycles. The van der Waals surface area contributed by atoms with E-state index in [1.54, 1.807) is 18.2 Å². The van der Waals surface area contributed by atoms with Gasteiger partial charge in [-0.1, -0.05) is 38.3 Å². The molecule has 0 spiro atoms. The molecule has 1 radical (unpaired) electrons.